The number of imide groups is 2. The highest BCUT2D eigenvalue weighted by molar-refractivity contribution is 14.1. The molecule has 0 atom stereocenters. The SMILES string of the molecule is O=C1NC(=O)N(c2ccc(Br)cc2)C(=O)/C1=C/c1ccccc1I. The summed E-state index contributed by atoms with van der Waals surface area (Å²) in [5.41, 5.74) is 1.05. The molecule has 0 aromatic heterocycles. The molecule has 1 N–H and O–H groups in total. The van der Waals surface area contributed by atoms with Gasteiger partial charge >= 0.3 is 6.03 Å². The number of anilines is 1. The van der Waals surface area contributed by atoms with E-state index in [0.29, 0.717) is 5.69 Å². The van der Waals surface area contributed by atoms with Crippen molar-refractivity contribution in [1.29, 1.82) is 0 Å². The van der Waals surface area contributed by atoms with Gasteiger partial charge in [-0.3, -0.25) is 14.9 Å². The normalized spacial score (nSPS) is 16.5. The Morgan fingerprint density at radius 2 is 1.67 bits per heavy atom. The Bertz CT molecular complexity index is 878. The number of urea groups is 1. The van der Waals surface area contributed by atoms with E-state index in [1.54, 1.807) is 30.3 Å². The number of benzene rings is 2. The van der Waals surface area contributed by atoms with E-state index >= 15 is 0 Å². The van der Waals surface area contributed by atoms with Gasteiger partial charge in [0.05, 0.1) is 5.69 Å². The molecule has 3 rings (SSSR count). The first kappa shape index (κ1) is 16.8. The Labute approximate surface area is 160 Å². The van der Waals surface area contributed by atoms with Gasteiger partial charge < -0.3 is 0 Å². The van der Waals surface area contributed by atoms with Gasteiger partial charge in [0, 0.05) is 8.04 Å². The van der Waals surface area contributed by atoms with E-state index in [1.165, 1.54) is 6.08 Å². The second-order valence-corrected chi connectivity index (χ2v) is 7.03. The Hall–Kier alpha value is -2.00. The third kappa shape index (κ3) is 3.27. The van der Waals surface area contributed by atoms with Crippen LogP contribution in [0, 0.1) is 3.57 Å². The van der Waals surface area contributed by atoms with Gasteiger partial charge in [-0.1, -0.05) is 34.1 Å². The van der Waals surface area contributed by atoms with Crippen molar-refractivity contribution in [2.24, 2.45) is 0 Å². The summed E-state index contributed by atoms with van der Waals surface area (Å²) >= 11 is 5.42. The van der Waals surface area contributed by atoms with Crippen LogP contribution < -0.4 is 10.2 Å². The fourth-order valence-corrected chi connectivity index (χ4v) is 3.04. The highest BCUT2D eigenvalue weighted by Gasteiger charge is 2.36. The molecule has 0 aliphatic carbocycles. The predicted octanol–water partition coefficient (Wildman–Crippen LogP) is 3.72. The molecule has 7 heteroatoms. The molecule has 1 aliphatic rings. The van der Waals surface area contributed by atoms with Crippen LogP contribution in [0.2, 0.25) is 0 Å². The van der Waals surface area contributed by atoms with E-state index in [0.717, 1.165) is 18.5 Å². The maximum Gasteiger partial charge on any atom is 0.335 e. The number of rotatable bonds is 2. The summed E-state index contributed by atoms with van der Waals surface area (Å²) in [6.07, 6.45) is 1.50. The van der Waals surface area contributed by atoms with E-state index in [2.05, 4.69) is 43.8 Å². The van der Waals surface area contributed by atoms with Gasteiger partial charge in [-0.2, -0.15) is 0 Å². The van der Waals surface area contributed by atoms with Crippen LogP contribution in [0.25, 0.3) is 6.08 Å². The van der Waals surface area contributed by atoms with Crippen LogP contribution in [-0.4, -0.2) is 17.8 Å². The van der Waals surface area contributed by atoms with Gasteiger partial charge in [0.25, 0.3) is 11.8 Å². The van der Waals surface area contributed by atoms with E-state index in [9.17, 15) is 14.4 Å². The lowest BCUT2D eigenvalue weighted by Crippen LogP contribution is -2.54. The molecule has 24 heavy (non-hydrogen) atoms. The van der Waals surface area contributed by atoms with Crippen LogP contribution in [0.4, 0.5) is 10.5 Å². The highest BCUT2D eigenvalue weighted by Crippen LogP contribution is 2.24. The fourth-order valence-electron chi connectivity index (χ4n) is 2.23. The van der Waals surface area contributed by atoms with Gasteiger partial charge in [0.1, 0.15) is 5.57 Å². The smallest absolute Gasteiger partial charge is 0.273 e. The molecular formula is C17H10BrIN2O3. The van der Waals surface area contributed by atoms with Crippen LogP contribution in [0.15, 0.2) is 58.6 Å². The summed E-state index contributed by atoms with van der Waals surface area (Å²) in [6, 6.07) is 13.3. The predicted molar refractivity (Wildman–Crippen MR) is 102 cm³/mol. The second-order valence-electron chi connectivity index (χ2n) is 4.96. The molecule has 1 aliphatic heterocycles. The lowest BCUT2D eigenvalue weighted by Gasteiger charge is -2.26. The first-order valence-corrected chi connectivity index (χ1v) is 8.76. The van der Waals surface area contributed by atoms with E-state index in [1.807, 2.05) is 18.2 Å². The number of hydrogen-bond donors (Lipinski definition) is 1. The number of amides is 4. The monoisotopic (exact) mass is 496 g/mol. The molecule has 120 valence electrons. The van der Waals surface area contributed by atoms with Gasteiger partial charge in [-0.25, -0.2) is 9.69 Å². The van der Waals surface area contributed by atoms with Crippen molar-refractivity contribution in [1.82, 2.24) is 5.32 Å². The minimum Gasteiger partial charge on any atom is -0.273 e. The minimum absolute atomic E-state index is 0.0818. The number of carbonyl (C=O) groups excluding carboxylic acids is 3. The molecule has 1 saturated heterocycles. The average Bonchev–Trinajstić information content (AvgIpc) is 2.54. The van der Waals surface area contributed by atoms with E-state index < -0.39 is 17.8 Å². The third-order valence-electron chi connectivity index (χ3n) is 3.39. The number of carbonyl (C=O) groups is 3. The van der Waals surface area contributed by atoms with Crippen molar-refractivity contribution in [3.63, 3.8) is 0 Å². The van der Waals surface area contributed by atoms with Crippen LogP contribution in [-0.2, 0) is 9.59 Å². The molecule has 1 heterocycles. The second kappa shape index (κ2) is 6.86. The largest absolute Gasteiger partial charge is 0.335 e. The Morgan fingerprint density at radius 3 is 2.33 bits per heavy atom. The molecule has 0 spiro atoms. The molecule has 4 amide bonds. The topological polar surface area (TPSA) is 66.5 Å². The summed E-state index contributed by atoms with van der Waals surface area (Å²) in [7, 11) is 0. The maximum absolute atomic E-state index is 12.7. The molecule has 0 bridgehead atoms. The zero-order chi connectivity index (χ0) is 17.3. The van der Waals surface area contributed by atoms with Crippen LogP contribution in [0.3, 0.4) is 0 Å². The Kier molecular flexibility index (Phi) is 4.81. The molecule has 0 radical (unpaired) electrons. The summed E-state index contributed by atoms with van der Waals surface area (Å²) in [6.45, 7) is 0. The third-order valence-corrected chi connectivity index (χ3v) is 4.90. The van der Waals surface area contributed by atoms with Crippen LogP contribution in [0.5, 0.6) is 0 Å². The van der Waals surface area contributed by atoms with Crippen molar-refractivity contribution < 1.29 is 14.4 Å². The van der Waals surface area contributed by atoms with E-state index in [4.69, 9.17) is 0 Å². The number of nitrogens with zero attached hydrogens (tertiary/aromatic N) is 1. The van der Waals surface area contributed by atoms with Crippen molar-refractivity contribution in [3.05, 3.63) is 67.7 Å². The molecule has 0 unspecified atom stereocenters. The number of nitrogens with one attached hydrogen (secondary N) is 1. The van der Waals surface area contributed by atoms with Gasteiger partial charge in [0.2, 0.25) is 0 Å². The first-order chi connectivity index (χ1) is 11.5. The van der Waals surface area contributed by atoms with E-state index in [-0.39, 0.29) is 5.57 Å². The van der Waals surface area contributed by atoms with Crippen molar-refractivity contribution in [2.45, 2.75) is 0 Å². The lowest BCUT2D eigenvalue weighted by molar-refractivity contribution is -0.122. The van der Waals surface area contributed by atoms with Crippen LogP contribution in [0.1, 0.15) is 5.56 Å². The van der Waals surface area contributed by atoms with Gasteiger partial charge in [-0.05, 0) is 64.6 Å². The van der Waals surface area contributed by atoms with Crippen molar-refractivity contribution in [2.75, 3.05) is 4.90 Å². The highest BCUT2D eigenvalue weighted by atomic mass is 127. The summed E-state index contributed by atoms with van der Waals surface area (Å²) < 4.78 is 1.72. The number of hydrogen-bond acceptors (Lipinski definition) is 3. The van der Waals surface area contributed by atoms with Crippen molar-refractivity contribution >= 4 is 68.1 Å². The standard InChI is InChI=1S/C17H10BrIN2O3/c18-11-5-7-12(8-6-11)21-16(23)13(15(22)20-17(21)24)9-10-3-1-2-4-14(10)19/h1-9H,(H,20,22,24)/b13-9+. The Balaban J connectivity index is 2.03. The quantitative estimate of drug-likeness (QED) is 0.391. The summed E-state index contributed by atoms with van der Waals surface area (Å²) in [4.78, 5) is 37.9. The fraction of sp³-hybridized carbons (Fsp3) is 0. The Morgan fingerprint density at radius 1 is 1.00 bits per heavy atom. The zero-order valence-corrected chi connectivity index (χ0v) is 15.9. The van der Waals surface area contributed by atoms with Crippen molar-refractivity contribution in [3.8, 4) is 0 Å². The maximum atomic E-state index is 12.7. The first-order valence-electron chi connectivity index (χ1n) is 6.89. The molecule has 0 saturated carbocycles. The zero-order valence-electron chi connectivity index (χ0n) is 12.1. The molecule has 2 aromatic carbocycles. The molecule has 2 aromatic rings. The summed E-state index contributed by atoms with van der Waals surface area (Å²) in [5, 5.41) is 2.21. The van der Waals surface area contributed by atoms with Gasteiger partial charge in [-0.15, -0.1) is 0 Å². The van der Waals surface area contributed by atoms with Crippen LogP contribution >= 0.6 is 38.5 Å². The summed E-state index contributed by atoms with van der Waals surface area (Å²) in [5.74, 6) is -1.34. The average molecular weight is 497 g/mol. The lowest BCUT2D eigenvalue weighted by atomic mass is 10.1. The molecule has 1 fully saturated rings. The minimum atomic E-state index is -0.757. The number of barbiturate groups is 1. The molecular weight excluding hydrogens is 487 g/mol. The van der Waals surface area contributed by atoms with Gasteiger partial charge in [0.15, 0.2) is 0 Å². The number of halogens is 2. The molecule has 5 nitrogen and oxygen atoms in total.